The summed E-state index contributed by atoms with van der Waals surface area (Å²) in [5.41, 5.74) is 1.29. The van der Waals surface area contributed by atoms with Crippen LogP contribution in [0, 0.1) is 5.92 Å². The van der Waals surface area contributed by atoms with Crippen LogP contribution in [0.5, 0.6) is 0 Å². The number of fused-ring (bicyclic) bond motifs is 1. The van der Waals surface area contributed by atoms with E-state index in [1.54, 1.807) is 17.0 Å². The van der Waals surface area contributed by atoms with Gasteiger partial charge in [-0.3, -0.25) is 9.59 Å². The first-order valence-electron chi connectivity index (χ1n) is 13.2. The average Bonchev–Trinajstić information content (AvgIpc) is 3.29. The largest absolute Gasteiger partial charge is 0.444 e. The third kappa shape index (κ3) is 6.53. The Morgan fingerprint density at radius 2 is 1.95 bits per heavy atom. The van der Waals surface area contributed by atoms with E-state index in [2.05, 4.69) is 17.2 Å². The zero-order valence-electron chi connectivity index (χ0n) is 22.1. The molecule has 0 bridgehead atoms. The van der Waals surface area contributed by atoms with Gasteiger partial charge in [0.1, 0.15) is 11.4 Å². The fourth-order valence-corrected chi connectivity index (χ4v) is 5.45. The first-order valence-corrected chi connectivity index (χ1v) is 13.6. The van der Waals surface area contributed by atoms with Gasteiger partial charge in [0.2, 0.25) is 5.91 Å². The molecule has 1 fully saturated rings. The fraction of sp³-hybridized carbons (Fsp3) is 0.571. The van der Waals surface area contributed by atoms with Gasteiger partial charge in [-0.25, -0.2) is 9.78 Å². The van der Waals surface area contributed by atoms with E-state index in [1.165, 1.54) is 0 Å². The van der Waals surface area contributed by atoms with Crippen molar-refractivity contribution in [3.63, 3.8) is 0 Å². The highest BCUT2D eigenvalue weighted by atomic mass is 35.5. The maximum absolute atomic E-state index is 13.7. The number of nitrogens with zero attached hydrogens (tertiary/aromatic N) is 2. The minimum absolute atomic E-state index is 0.0214. The molecule has 2 N–H and O–H groups in total. The molecule has 1 saturated carbocycles. The van der Waals surface area contributed by atoms with Crippen LogP contribution in [-0.4, -0.2) is 45.1 Å². The van der Waals surface area contributed by atoms with Gasteiger partial charge in [0.05, 0.1) is 23.7 Å². The number of hydrogen-bond donors (Lipinski definition) is 2. The van der Waals surface area contributed by atoms with Crippen molar-refractivity contribution in [3.05, 3.63) is 50.9 Å². The molecule has 37 heavy (non-hydrogen) atoms. The minimum atomic E-state index is -0.607. The molecule has 1 unspecified atom stereocenters. The van der Waals surface area contributed by atoms with Crippen LogP contribution in [0.3, 0.4) is 0 Å². The molecule has 1 aliphatic heterocycles. The van der Waals surface area contributed by atoms with Crippen LogP contribution in [0.15, 0.2) is 29.1 Å². The van der Waals surface area contributed by atoms with Gasteiger partial charge in [0, 0.05) is 29.1 Å². The van der Waals surface area contributed by atoms with Crippen molar-refractivity contribution in [2.75, 3.05) is 6.54 Å². The maximum Gasteiger partial charge on any atom is 0.407 e. The molecule has 1 aliphatic carbocycles. The number of hydrogen-bond acceptors (Lipinski definition) is 5. The summed E-state index contributed by atoms with van der Waals surface area (Å²) >= 11 is 6.03. The van der Waals surface area contributed by atoms with Gasteiger partial charge in [-0.15, -0.1) is 0 Å². The molecule has 3 atom stereocenters. The molecular formula is C28H37ClN4O4. The van der Waals surface area contributed by atoms with E-state index in [-0.39, 0.29) is 35.9 Å². The molecule has 2 aliphatic rings. The minimum Gasteiger partial charge on any atom is -0.444 e. The lowest BCUT2D eigenvalue weighted by atomic mass is 9.89. The van der Waals surface area contributed by atoms with Gasteiger partial charge in [-0.1, -0.05) is 37.8 Å². The number of aromatic amines is 1. The van der Waals surface area contributed by atoms with Crippen molar-refractivity contribution in [2.24, 2.45) is 5.92 Å². The summed E-state index contributed by atoms with van der Waals surface area (Å²) < 4.78 is 5.41. The second-order valence-corrected chi connectivity index (χ2v) is 11.6. The van der Waals surface area contributed by atoms with Crippen LogP contribution in [0.4, 0.5) is 4.79 Å². The number of rotatable bonds is 6. The van der Waals surface area contributed by atoms with Crippen molar-refractivity contribution in [3.8, 4) is 11.4 Å². The first-order chi connectivity index (χ1) is 17.6. The van der Waals surface area contributed by atoms with Crippen LogP contribution < -0.4 is 10.9 Å². The molecule has 200 valence electrons. The monoisotopic (exact) mass is 528 g/mol. The maximum atomic E-state index is 13.7. The number of aromatic nitrogens is 2. The van der Waals surface area contributed by atoms with Crippen LogP contribution in [0.2, 0.25) is 5.02 Å². The number of nitrogens with one attached hydrogen (secondary N) is 2. The molecule has 1 aromatic carbocycles. The topological polar surface area (TPSA) is 104 Å². The third-order valence-electron chi connectivity index (χ3n) is 7.09. The van der Waals surface area contributed by atoms with Crippen LogP contribution >= 0.6 is 11.6 Å². The fourth-order valence-electron chi connectivity index (χ4n) is 5.33. The predicted octanol–water partition coefficient (Wildman–Crippen LogP) is 5.40. The number of halogens is 1. The number of carbonyl (C=O) groups is 2. The average molecular weight is 529 g/mol. The summed E-state index contributed by atoms with van der Waals surface area (Å²) in [5.74, 6) is 0.131. The summed E-state index contributed by atoms with van der Waals surface area (Å²) in [6.45, 7) is 8.30. The molecule has 9 heteroatoms. The Kier molecular flexibility index (Phi) is 8.26. The lowest BCUT2D eigenvalue weighted by Crippen LogP contribution is -2.49. The van der Waals surface area contributed by atoms with Crippen LogP contribution in [-0.2, 0) is 16.1 Å². The SMILES string of the molecule is CCCCC1CN(C(=O)[C@@H]2CCC[C@@H]2NC(=O)OC(C)(C)C)Cc2c1nc(-c1ccc(Cl)cc1)[nH]c2=O. The van der Waals surface area contributed by atoms with Gasteiger partial charge in [-0.05, 0) is 64.3 Å². The standard InChI is InChI=1S/C28H37ClN4O4/c1-5-6-8-18-15-33(26(35)20-9-7-10-22(20)30-27(36)37-28(2,3)4)16-21-23(18)31-24(32-25(21)34)17-11-13-19(29)14-12-17/h11-14,18,20,22H,5-10,15-16H2,1-4H3,(H,30,36)(H,31,32,34)/t18?,20-,22+/m1/s1. The molecule has 0 radical (unpaired) electrons. The Balaban J connectivity index is 1.57. The van der Waals surface area contributed by atoms with Gasteiger partial charge in [0.15, 0.2) is 0 Å². The van der Waals surface area contributed by atoms with E-state index in [0.29, 0.717) is 29.4 Å². The first kappa shape index (κ1) is 27.2. The molecule has 2 amide bonds. The summed E-state index contributed by atoms with van der Waals surface area (Å²) in [7, 11) is 0. The number of amides is 2. The highest BCUT2D eigenvalue weighted by molar-refractivity contribution is 6.30. The van der Waals surface area contributed by atoms with Crippen molar-refractivity contribution in [2.45, 2.75) is 90.3 Å². The molecule has 8 nitrogen and oxygen atoms in total. The Labute approximate surface area is 223 Å². The highest BCUT2D eigenvalue weighted by Gasteiger charge is 2.40. The van der Waals surface area contributed by atoms with Gasteiger partial charge in [-0.2, -0.15) is 0 Å². The Morgan fingerprint density at radius 1 is 1.22 bits per heavy atom. The van der Waals surface area contributed by atoms with E-state index in [0.717, 1.165) is 43.4 Å². The van der Waals surface area contributed by atoms with Crippen LogP contribution in [0.25, 0.3) is 11.4 Å². The molecule has 2 aromatic rings. The van der Waals surface area contributed by atoms with Gasteiger partial charge < -0.3 is 19.9 Å². The quantitative estimate of drug-likeness (QED) is 0.522. The third-order valence-corrected chi connectivity index (χ3v) is 7.35. The Bertz CT molecular complexity index is 1190. The zero-order chi connectivity index (χ0) is 26.7. The summed E-state index contributed by atoms with van der Waals surface area (Å²) in [6.07, 6.45) is 4.61. The number of unbranched alkanes of at least 4 members (excludes halogenated alkanes) is 1. The molecule has 0 saturated heterocycles. The number of carbonyl (C=O) groups excluding carboxylic acids is 2. The molecule has 1 aromatic heterocycles. The van der Waals surface area contributed by atoms with Gasteiger partial charge in [0.25, 0.3) is 5.56 Å². The summed E-state index contributed by atoms with van der Waals surface area (Å²) in [5, 5.41) is 3.53. The molecular weight excluding hydrogens is 492 g/mol. The molecule has 4 rings (SSSR count). The van der Waals surface area contributed by atoms with E-state index in [4.69, 9.17) is 21.3 Å². The van der Waals surface area contributed by atoms with E-state index in [9.17, 15) is 14.4 Å². The molecule has 0 spiro atoms. The van der Waals surface area contributed by atoms with Crippen molar-refractivity contribution < 1.29 is 14.3 Å². The van der Waals surface area contributed by atoms with E-state index >= 15 is 0 Å². The predicted molar refractivity (Wildman–Crippen MR) is 143 cm³/mol. The number of ether oxygens (including phenoxy) is 1. The summed E-state index contributed by atoms with van der Waals surface area (Å²) in [4.78, 5) is 48.9. The zero-order valence-corrected chi connectivity index (χ0v) is 22.9. The summed E-state index contributed by atoms with van der Waals surface area (Å²) in [6, 6.07) is 6.94. The highest BCUT2D eigenvalue weighted by Crippen LogP contribution is 2.34. The van der Waals surface area contributed by atoms with E-state index in [1.807, 2.05) is 32.9 Å². The van der Waals surface area contributed by atoms with E-state index < -0.39 is 11.7 Å². The van der Waals surface area contributed by atoms with Crippen molar-refractivity contribution >= 4 is 23.6 Å². The van der Waals surface area contributed by atoms with Gasteiger partial charge >= 0.3 is 6.09 Å². The number of H-pyrrole nitrogens is 1. The second kappa shape index (κ2) is 11.3. The lowest BCUT2D eigenvalue weighted by Gasteiger charge is -2.36. The number of alkyl carbamates (subject to hydrolysis) is 1. The normalized spacial score (nSPS) is 21.4. The van der Waals surface area contributed by atoms with Crippen molar-refractivity contribution in [1.29, 1.82) is 0 Å². The Morgan fingerprint density at radius 3 is 2.62 bits per heavy atom. The second-order valence-electron chi connectivity index (χ2n) is 11.1. The van der Waals surface area contributed by atoms with Crippen LogP contribution in [0.1, 0.15) is 83.4 Å². The Hall–Kier alpha value is -2.87. The lowest BCUT2D eigenvalue weighted by molar-refractivity contribution is -0.137. The smallest absolute Gasteiger partial charge is 0.407 e. The molecule has 2 heterocycles. The number of benzene rings is 1. The van der Waals surface area contributed by atoms with Crippen molar-refractivity contribution in [1.82, 2.24) is 20.2 Å².